The third-order valence-corrected chi connectivity index (χ3v) is 4.11. The lowest BCUT2D eigenvalue weighted by atomic mass is 9.96. The molecule has 0 aliphatic carbocycles. The van der Waals surface area contributed by atoms with Gasteiger partial charge in [0.15, 0.2) is 0 Å². The number of halogens is 1. The van der Waals surface area contributed by atoms with Crippen molar-refractivity contribution < 1.29 is 0 Å². The summed E-state index contributed by atoms with van der Waals surface area (Å²) in [6.45, 7) is 8.86. The average Bonchev–Trinajstić information content (AvgIpc) is 2.40. The number of nitrogens with zero attached hydrogens (tertiary/aromatic N) is 2. The lowest BCUT2D eigenvalue weighted by molar-refractivity contribution is 0.174. The quantitative estimate of drug-likeness (QED) is 0.899. The fraction of sp³-hybridized carbons (Fsp3) is 0.667. The normalized spacial score (nSPS) is 18.1. The number of rotatable bonds is 5. The summed E-state index contributed by atoms with van der Waals surface area (Å²) in [4.78, 5) is 6.53. The molecular formula is C15H24ClN3. The lowest BCUT2D eigenvalue weighted by Crippen LogP contribution is -2.38. The first-order valence-electron chi connectivity index (χ1n) is 7.19. The van der Waals surface area contributed by atoms with Gasteiger partial charge < -0.3 is 5.32 Å². The van der Waals surface area contributed by atoms with Gasteiger partial charge in [-0.2, -0.15) is 0 Å². The van der Waals surface area contributed by atoms with E-state index in [1.54, 1.807) is 6.20 Å². The molecule has 1 N–H and O–H groups in total. The van der Waals surface area contributed by atoms with E-state index in [-0.39, 0.29) is 0 Å². The van der Waals surface area contributed by atoms with Gasteiger partial charge in [0.1, 0.15) is 0 Å². The SMILES string of the molecule is CC(C)NCC1CCN(Cc2ccncc2Cl)CC1. The monoisotopic (exact) mass is 281 g/mol. The molecule has 0 saturated carbocycles. The van der Waals surface area contributed by atoms with Gasteiger partial charge in [-0.3, -0.25) is 9.88 Å². The van der Waals surface area contributed by atoms with Crippen molar-refractivity contribution in [1.82, 2.24) is 15.2 Å². The molecule has 1 aromatic heterocycles. The first kappa shape index (κ1) is 14.8. The molecule has 1 aromatic rings. The molecule has 0 amide bonds. The molecule has 2 heterocycles. The van der Waals surface area contributed by atoms with E-state index in [0.29, 0.717) is 6.04 Å². The van der Waals surface area contributed by atoms with Crippen molar-refractivity contribution in [3.8, 4) is 0 Å². The van der Waals surface area contributed by atoms with Crippen LogP contribution in [0.1, 0.15) is 32.3 Å². The van der Waals surface area contributed by atoms with Crippen LogP contribution in [-0.2, 0) is 6.54 Å². The summed E-state index contributed by atoms with van der Waals surface area (Å²) >= 11 is 6.16. The number of hydrogen-bond acceptors (Lipinski definition) is 3. The topological polar surface area (TPSA) is 28.2 Å². The second-order valence-corrected chi connectivity index (χ2v) is 6.16. The van der Waals surface area contributed by atoms with Crippen molar-refractivity contribution in [1.29, 1.82) is 0 Å². The summed E-state index contributed by atoms with van der Waals surface area (Å²) in [6.07, 6.45) is 6.11. The van der Waals surface area contributed by atoms with Crippen molar-refractivity contribution in [2.45, 2.75) is 39.3 Å². The van der Waals surface area contributed by atoms with Crippen LogP contribution in [-0.4, -0.2) is 35.6 Å². The number of likely N-dealkylation sites (tertiary alicyclic amines) is 1. The molecule has 1 fully saturated rings. The Bertz CT molecular complexity index is 387. The van der Waals surface area contributed by atoms with E-state index in [4.69, 9.17) is 11.6 Å². The van der Waals surface area contributed by atoms with Crippen LogP contribution in [0.5, 0.6) is 0 Å². The lowest BCUT2D eigenvalue weighted by Gasteiger charge is -2.32. The van der Waals surface area contributed by atoms with Crippen molar-refractivity contribution in [3.05, 3.63) is 29.0 Å². The molecule has 2 rings (SSSR count). The number of hydrogen-bond donors (Lipinski definition) is 1. The molecule has 1 aliphatic heterocycles. The van der Waals surface area contributed by atoms with E-state index in [1.165, 1.54) is 31.5 Å². The zero-order chi connectivity index (χ0) is 13.7. The zero-order valence-electron chi connectivity index (χ0n) is 11.9. The molecule has 1 saturated heterocycles. The van der Waals surface area contributed by atoms with Gasteiger partial charge in [0.05, 0.1) is 5.02 Å². The van der Waals surface area contributed by atoms with E-state index in [0.717, 1.165) is 24.0 Å². The molecule has 1 aliphatic rings. The Morgan fingerprint density at radius 1 is 1.42 bits per heavy atom. The van der Waals surface area contributed by atoms with Gasteiger partial charge in [-0.05, 0) is 50.0 Å². The van der Waals surface area contributed by atoms with E-state index in [9.17, 15) is 0 Å². The van der Waals surface area contributed by atoms with Gasteiger partial charge in [0.2, 0.25) is 0 Å². The third-order valence-electron chi connectivity index (χ3n) is 3.77. The molecule has 106 valence electrons. The highest BCUT2D eigenvalue weighted by Gasteiger charge is 2.19. The van der Waals surface area contributed by atoms with Crippen LogP contribution in [0.3, 0.4) is 0 Å². The van der Waals surface area contributed by atoms with Gasteiger partial charge in [-0.1, -0.05) is 25.4 Å². The van der Waals surface area contributed by atoms with Crippen LogP contribution in [0, 0.1) is 5.92 Å². The second kappa shape index (κ2) is 7.22. The average molecular weight is 282 g/mol. The maximum atomic E-state index is 6.16. The van der Waals surface area contributed by atoms with Gasteiger partial charge in [-0.15, -0.1) is 0 Å². The molecule has 0 radical (unpaired) electrons. The molecule has 0 atom stereocenters. The predicted molar refractivity (Wildman–Crippen MR) is 80.4 cm³/mol. The van der Waals surface area contributed by atoms with Gasteiger partial charge in [0, 0.05) is 25.0 Å². The molecule has 0 aromatic carbocycles. The van der Waals surface area contributed by atoms with E-state index in [1.807, 2.05) is 12.3 Å². The summed E-state index contributed by atoms with van der Waals surface area (Å²) in [5.41, 5.74) is 1.19. The van der Waals surface area contributed by atoms with Crippen molar-refractivity contribution in [3.63, 3.8) is 0 Å². The minimum absolute atomic E-state index is 0.591. The van der Waals surface area contributed by atoms with Gasteiger partial charge in [-0.25, -0.2) is 0 Å². The Labute approximate surface area is 121 Å². The summed E-state index contributed by atoms with van der Waals surface area (Å²) in [5, 5.41) is 4.32. The molecule has 19 heavy (non-hydrogen) atoms. The zero-order valence-corrected chi connectivity index (χ0v) is 12.7. The summed E-state index contributed by atoms with van der Waals surface area (Å²) in [5.74, 6) is 0.826. The highest BCUT2D eigenvalue weighted by atomic mass is 35.5. The van der Waals surface area contributed by atoms with Crippen LogP contribution >= 0.6 is 11.6 Å². The fourth-order valence-corrected chi connectivity index (χ4v) is 2.70. The number of nitrogens with one attached hydrogen (secondary N) is 1. The van der Waals surface area contributed by atoms with Crippen LogP contribution in [0.25, 0.3) is 0 Å². The number of aromatic nitrogens is 1. The Morgan fingerprint density at radius 3 is 2.79 bits per heavy atom. The minimum Gasteiger partial charge on any atom is -0.314 e. The van der Waals surface area contributed by atoms with Crippen LogP contribution in [0.15, 0.2) is 18.5 Å². The van der Waals surface area contributed by atoms with Crippen molar-refractivity contribution in [2.24, 2.45) is 5.92 Å². The largest absolute Gasteiger partial charge is 0.314 e. The van der Waals surface area contributed by atoms with Crippen molar-refractivity contribution >= 4 is 11.6 Å². The maximum Gasteiger partial charge on any atom is 0.0634 e. The van der Waals surface area contributed by atoms with E-state index >= 15 is 0 Å². The first-order valence-corrected chi connectivity index (χ1v) is 7.57. The molecule has 3 nitrogen and oxygen atoms in total. The summed E-state index contributed by atoms with van der Waals surface area (Å²) in [6, 6.07) is 2.61. The fourth-order valence-electron chi connectivity index (χ4n) is 2.52. The molecule has 0 spiro atoms. The molecule has 0 unspecified atom stereocenters. The van der Waals surface area contributed by atoms with E-state index in [2.05, 4.69) is 29.0 Å². The van der Waals surface area contributed by atoms with Crippen molar-refractivity contribution in [2.75, 3.05) is 19.6 Å². The van der Waals surface area contributed by atoms with Crippen LogP contribution in [0.2, 0.25) is 5.02 Å². The van der Waals surface area contributed by atoms with Gasteiger partial charge in [0.25, 0.3) is 0 Å². The maximum absolute atomic E-state index is 6.16. The Morgan fingerprint density at radius 2 is 2.16 bits per heavy atom. The number of piperidine rings is 1. The van der Waals surface area contributed by atoms with E-state index < -0.39 is 0 Å². The van der Waals surface area contributed by atoms with Crippen LogP contribution in [0.4, 0.5) is 0 Å². The summed E-state index contributed by atoms with van der Waals surface area (Å²) in [7, 11) is 0. The predicted octanol–water partition coefficient (Wildman–Crippen LogP) is 2.95. The molecular weight excluding hydrogens is 258 g/mol. The second-order valence-electron chi connectivity index (χ2n) is 5.75. The Hall–Kier alpha value is -0.640. The third kappa shape index (κ3) is 4.75. The first-order chi connectivity index (χ1) is 9.15. The summed E-state index contributed by atoms with van der Waals surface area (Å²) < 4.78 is 0. The molecule has 0 bridgehead atoms. The minimum atomic E-state index is 0.591. The highest BCUT2D eigenvalue weighted by molar-refractivity contribution is 6.31. The Kier molecular flexibility index (Phi) is 5.61. The highest BCUT2D eigenvalue weighted by Crippen LogP contribution is 2.21. The standard InChI is InChI=1S/C15H24ClN3/c1-12(2)18-9-13-4-7-19(8-5-13)11-14-3-6-17-10-15(14)16/h3,6,10,12-13,18H,4-5,7-9,11H2,1-2H3. The number of pyridine rings is 1. The van der Waals surface area contributed by atoms with Crippen LogP contribution < -0.4 is 5.32 Å². The smallest absolute Gasteiger partial charge is 0.0634 e. The Balaban J connectivity index is 1.76. The van der Waals surface area contributed by atoms with Gasteiger partial charge >= 0.3 is 0 Å². The molecule has 4 heteroatoms.